The van der Waals surface area contributed by atoms with E-state index in [0.717, 1.165) is 31.8 Å². The molecule has 0 spiro atoms. The van der Waals surface area contributed by atoms with Crippen molar-refractivity contribution in [1.29, 1.82) is 0 Å². The predicted molar refractivity (Wildman–Crippen MR) is 46.3 cm³/mol. The summed E-state index contributed by atoms with van der Waals surface area (Å²) in [6, 6.07) is 0. The van der Waals surface area contributed by atoms with Crippen LogP contribution >= 0.6 is 0 Å². The smallest absolute Gasteiger partial charge is 0.122 e. The van der Waals surface area contributed by atoms with Crippen LogP contribution in [0, 0.1) is 5.92 Å². The van der Waals surface area contributed by atoms with Crippen LogP contribution < -0.4 is 16.5 Å². The number of rotatable bonds is 2. The Morgan fingerprint density at radius 3 is 2.73 bits per heavy atom. The molecule has 1 heterocycles. The summed E-state index contributed by atoms with van der Waals surface area (Å²) in [5.41, 5.74) is 8.43. The fraction of sp³-hybridized carbons (Fsp3) is 0.857. The monoisotopic (exact) mass is 156 g/mol. The average molecular weight is 156 g/mol. The number of piperidine rings is 1. The highest BCUT2D eigenvalue weighted by molar-refractivity contribution is 5.82. The standard InChI is InChI=1S/C7H16N4/c1-9-11-7(8)6-2-4-10-5-3-6/h6,9-10H,2-5H2,1H3,(H2,8,11). The lowest BCUT2D eigenvalue weighted by molar-refractivity contribution is 0.452. The van der Waals surface area contributed by atoms with Crippen molar-refractivity contribution in [3.8, 4) is 0 Å². The van der Waals surface area contributed by atoms with Crippen LogP contribution in [0.3, 0.4) is 0 Å². The fourth-order valence-electron chi connectivity index (χ4n) is 1.34. The molecule has 4 N–H and O–H groups in total. The Bertz CT molecular complexity index is 137. The zero-order chi connectivity index (χ0) is 8.10. The molecule has 0 aromatic heterocycles. The van der Waals surface area contributed by atoms with Crippen molar-refractivity contribution in [2.24, 2.45) is 16.8 Å². The first kappa shape index (κ1) is 8.33. The van der Waals surface area contributed by atoms with Crippen LogP contribution in [0.1, 0.15) is 12.8 Å². The Balaban J connectivity index is 2.38. The molecule has 0 aromatic rings. The molecule has 1 aliphatic heterocycles. The molecule has 1 rings (SSSR count). The van der Waals surface area contributed by atoms with Crippen LogP contribution in [-0.4, -0.2) is 26.0 Å². The number of nitrogens with two attached hydrogens (primary N) is 1. The summed E-state index contributed by atoms with van der Waals surface area (Å²) in [4.78, 5) is 0. The molecule has 0 aromatic carbocycles. The Morgan fingerprint density at radius 2 is 2.18 bits per heavy atom. The van der Waals surface area contributed by atoms with Gasteiger partial charge < -0.3 is 16.5 Å². The molecule has 0 bridgehead atoms. The third-order valence-electron chi connectivity index (χ3n) is 2.00. The third-order valence-corrected chi connectivity index (χ3v) is 2.00. The van der Waals surface area contributed by atoms with Gasteiger partial charge in [-0.15, -0.1) is 0 Å². The second-order valence-electron chi connectivity index (χ2n) is 2.78. The molecule has 1 aliphatic rings. The Kier molecular flexibility index (Phi) is 3.16. The Morgan fingerprint density at radius 1 is 1.55 bits per heavy atom. The summed E-state index contributed by atoms with van der Waals surface area (Å²) in [5.74, 6) is 1.22. The number of hydrogen-bond donors (Lipinski definition) is 3. The van der Waals surface area contributed by atoms with Crippen LogP contribution in [0.25, 0.3) is 0 Å². The molecule has 4 nitrogen and oxygen atoms in total. The van der Waals surface area contributed by atoms with Gasteiger partial charge in [0.15, 0.2) is 0 Å². The van der Waals surface area contributed by atoms with Gasteiger partial charge in [-0.05, 0) is 25.9 Å². The van der Waals surface area contributed by atoms with Crippen LogP contribution in [0.4, 0.5) is 0 Å². The molecule has 0 amide bonds. The van der Waals surface area contributed by atoms with Gasteiger partial charge in [0, 0.05) is 13.0 Å². The second kappa shape index (κ2) is 4.18. The average Bonchev–Trinajstić information content (AvgIpc) is 2.07. The van der Waals surface area contributed by atoms with E-state index in [1.54, 1.807) is 7.05 Å². The quantitative estimate of drug-likeness (QED) is 0.286. The van der Waals surface area contributed by atoms with Crippen molar-refractivity contribution in [2.45, 2.75) is 12.8 Å². The van der Waals surface area contributed by atoms with E-state index >= 15 is 0 Å². The third kappa shape index (κ3) is 2.38. The van der Waals surface area contributed by atoms with E-state index in [-0.39, 0.29) is 0 Å². The lowest BCUT2D eigenvalue weighted by atomic mass is 9.97. The minimum atomic E-state index is 0.476. The lowest BCUT2D eigenvalue weighted by Crippen LogP contribution is -2.36. The molecular formula is C7H16N4. The Hall–Kier alpha value is -0.770. The topological polar surface area (TPSA) is 62.4 Å². The highest BCUT2D eigenvalue weighted by Gasteiger charge is 2.16. The molecule has 0 saturated carbocycles. The summed E-state index contributed by atoms with van der Waals surface area (Å²) in [7, 11) is 1.77. The van der Waals surface area contributed by atoms with Gasteiger partial charge in [-0.1, -0.05) is 0 Å². The van der Waals surface area contributed by atoms with E-state index in [4.69, 9.17) is 5.73 Å². The highest BCUT2D eigenvalue weighted by atomic mass is 15.3. The maximum atomic E-state index is 5.72. The fourth-order valence-corrected chi connectivity index (χ4v) is 1.34. The first-order valence-corrected chi connectivity index (χ1v) is 4.05. The molecular weight excluding hydrogens is 140 g/mol. The number of hydrazone groups is 1. The molecule has 0 radical (unpaired) electrons. The number of nitrogens with one attached hydrogen (secondary N) is 2. The van der Waals surface area contributed by atoms with Gasteiger partial charge in [-0.3, -0.25) is 0 Å². The zero-order valence-electron chi connectivity index (χ0n) is 6.93. The SMILES string of the molecule is CN/N=C(\N)C1CCNCC1. The van der Waals surface area contributed by atoms with Crippen molar-refractivity contribution in [2.75, 3.05) is 20.1 Å². The van der Waals surface area contributed by atoms with Gasteiger partial charge in [0.2, 0.25) is 0 Å². The predicted octanol–water partition coefficient (Wildman–Crippen LogP) is -0.522. The summed E-state index contributed by atoms with van der Waals surface area (Å²) < 4.78 is 0. The highest BCUT2D eigenvalue weighted by Crippen LogP contribution is 2.10. The molecule has 64 valence electrons. The largest absolute Gasteiger partial charge is 0.385 e. The van der Waals surface area contributed by atoms with E-state index in [1.165, 1.54) is 0 Å². The minimum absolute atomic E-state index is 0.476. The minimum Gasteiger partial charge on any atom is -0.385 e. The number of nitrogens with zero attached hydrogens (tertiary/aromatic N) is 1. The molecule has 1 fully saturated rings. The molecule has 0 unspecified atom stereocenters. The normalized spacial score (nSPS) is 21.7. The van der Waals surface area contributed by atoms with Crippen LogP contribution in [0.5, 0.6) is 0 Å². The van der Waals surface area contributed by atoms with Crippen LogP contribution in [-0.2, 0) is 0 Å². The summed E-state index contributed by atoms with van der Waals surface area (Å²) in [6.07, 6.45) is 2.22. The maximum absolute atomic E-state index is 5.72. The number of amidine groups is 1. The van der Waals surface area contributed by atoms with Crippen molar-refractivity contribution in [3.63, 3.8) is 0 Å². The van der Waals surface area contributed by atoms with Crippen LogP contribution in [0.2, 0.25) is 0 Å². The summed E-state index contributed by atoms with van der Waals surface area (Å²) >= 11 is 0. The number of hydrogen-bond acceptors (Lipinski definition) is 3. The zero-order valence-corrected chi connectivity index (χ0v) is 6.93. The van der Waals surface area contributed by atoms with Gasteiger partial charge >= 0.3 is 0 Å². The van der Waals surface area contributed by atoms with Crippen molar-refractivity contribution >= 4 is 5.84 Å². The second-order valence-corrected chi connectivity index (χ2v) is 2.78. The Labute approximate surface area is 67.2 Å². The molecule has 1 saturated heterocycles. The molecule has 0 aliphatic carbocycles. The van der Waals surface area contributed by atoms with Crippen molar-refractivity contribution in [3.05, 3.63) is 0 Å². The van der Waals surface area contributed by atoms with Crippen molar-refractivity contribution < 1.29 is 0 Å². The first-order valence-electron chi connectivity index (χ1n) is 4.05. The lowest BCUT2D eigenvalue weighted by Gasteiger charge is -2.21. The van der Waals surface area contributed by atoms with Gasteiger partial charge in [-0.2, -0.15) is 5.10 Å². The maximum Gasteiger partial charge on any atom is 0.122 e. The van der Waals surface area contributed by atoms with E-state index in [9.17, 15) is 0 Å². The first-order chi connectivity index (χ1) is 5.34. The van der Waals surface area contributed by atoms with Gasteiger partial charge in [0.25, 0.3) is 0 Å². The van der Waals surface area contributed by atoms with E-state index < -0.39 is 0 Å². The molecule has 0 atom stereocenters. The van der Waals surface area contributed by atoms with Gasteiger partial charge in [0.05, 0.1) is 0 Å². The molecule has 11 heavy (non-hydrogen) atoms. The van der Waals surface area contributed by atoms with Gasteiger partial charge in [0.1, 0.15) is 5.84 Å². The van der Waals surface area contributed by atoms with Crippen LogP contribution in [0.15, 0.2) is 5.10 Å². The van der Waals surface area contributed by atoms with E-state index in [0.29, 0.717) is 5.92 Å². The van der Waals surface area contributed by atoms with E-state index in [1.807, 2.05) is 0 Å². The summed E-state index contributed by atoms with van der Waals surface area (Å²) in [5, 5.41) is 7.25. The summed E-state index contributed by atoms with van der Waals surface area (Å²) in [6.45, 7) is 2.12. The van der Waals surface area contributed by atoms with Crippen molar-refractivity contribution in [1.82, 2.24) is 10.7 Å². The van der Waals surface area contributed by atoms with E-state index in [2.05, 4.69) is 15.8 Å². The van der Waals surface area contributed by atoms with Gasteiger partial charge in [-0.25, -0.2) is 0 Å². The molecule has 4 heteroatoms.